The average Bonchev–Trinajstić information content (AvgIpc) is 2.97. The maximum Gasteiger partial charge on any atom is 0.267 e. The van der Waals surface area contributed by atoms with Crippen molar-refractivity contribution in [2.75, 3.05) is 7.05 Å². The molecule has 0 spiro atoms. The van der Waals surface area contributed by atoms with Crippen LogP contribution in [-0.2, 0) is 6.42 Å². The third-order valence-electron chi connectivity index (χ3n) is 4.26. The minimum Gasteiger partial charge on any atom is -0.354 e. The van der Waals surface area contributed by atoms with E-state index >= 15 is 0 Å². The van der Waals surface area contributed by atoms with E-state index in [0.717, 1.165) is 39.6 Å². The summed E-state index contributed by atoms with van der Waals surface area (Å²) in [6.45, 7) is 3.96. The molecule has 3 aromatic rings. The number of nitrogens with one attached hydrogen (secondary N) is 2. The highest BCUT2D eigenvalue weighted by Gasteiger charge is 2.17. The number of pyridine rings is 1. The molecule has 5 nitrogen and oxygen atoms in total. The van der Waals surface area contributed by atoms with Crippen LogP contribution in [0.4, 0.5) is 0 Å². The van der Waals surface area contributed by atoms with Crippen molar-refractivity contribution in [1.82, 2.24) is 15.3 Å². The minimum absolute atomic E-state index is 0.173. The maximum absolute atomic E-state index is 12.1. The van der Waals surface area contributed by atoms with Gasteiger partial charge in [-0.15, -0.1) is 0 Å². The first kappa shape index (κ1) is 15.8. The van der Waals surface area contributed by atoms with Gasteiger partial charge in [0.15, 0.2) is 0 Å². The second kappa shape index (κ2) is 6.17. The Morgan fingerprint density at radius 3 is 2.79 bits per heavy atom. The number of nitriles is 1. The normalized spacial score (nSPS) is 10.6. The van der Waals surface area contributed by atoms with Crippen molar-refractivity contribution in [3.8, 4) is 17.2 Å². The van der Waals surface area contributed by atoms with E-state index in [1.165, 1.54) is 0 Å². The number of aromatic nitrogens is 2. The Balaban J connectivity index is 2.34. The summed E-state index contributed by atoms with van der Waals surface area (Å²) in [5, 5.41) is 12.9. The van der Waals surface area contributed by atoms with Crippen LogP contribution in [0.5, 0.6) is 0 Å². The number of H-pyrrole nitrogens is 1. The van der Waals surface area contributed by atoms with Crippen LogP contribution in [-0.4, -0.2) is 22.9 Å². The van der Waals surface area contributed by atoms with Gasteiger partial charge in [0.2, 0.25) is 0 Å². The monoisotopic (exact) mass is 318 g/mol. The highest BCUT2D eigenvalue weighted by molar-refractivity contribution is 6.05. The van der Waals surface area contributed by atoms with Crippen LogP contribution < -0.4 is 5.32 Å². The highest BCUT2D eigenvalue weighted by atomic mass is 16.1. The van der Waals surface area contributed by atoms with Crippen molar-refractivity contribution in [2.24, 2.45) is 0 Å². The number of hydrogen-bond acceptors (Lipinski definition) is 3. The molecular weight excluding hydrogens is 300 g/mol. The fourth-order valence-corrected chi connectivity index (χ4v) is 2.90. The lowest BCUT2D eigenvalue weighted by molar-refractivity contribution is 0.0958. The number of benzene rings is 1. The molecule has 2 N–H and O–H groups in total. The van der Waals surface area contributed by atoms with Gasteiger partial charge >= 0.3 is 0 Å². The van der Waals surface area contributed by atoms with Crippen LogP contribution in [0.15, 0.2) is 30.6 Å². The maximum atomic E-state index is 12.1. The van der Waals surface area contributed by atoms with Crippen LogP contribution in [0.25, 0.3) is 22.0 Å². The van der Waals surface area contributed by atoms with Gasteiger partial charge in [-0.25, -0.2) is 0 Å². The zero-order valence-electron chi connectivity index (χ0n) is 13.9. The third kappa shape index (κ3) is 2.52. The number of fused-ring (bicyclic) bond motifs is 1. The molecule has 0 aliphatic heterocycles. The summed E-state index contributed by atoms with van der Waals surface area (Å²) in [7, 11) is 1.60. The van der Waals surface area contributed by atoms with Gasteiger partial charge in [-0.3, -0.25) is 9.78 Å². The molecule has 0 unspecified atom stereocenters. The van der Waals surface area contributed by atoms with Gasteiger partial charge in [0.1, 0.15) is 5.69 Å². The molecule has 0 saturated carbocycles. The molecule has 0 saturated heterocycles. The van der Waals surface area contributed by atoms with E-state index in [0.29, 0.717) is 11.3 Å². The molecular formula is C19H18N4O. The molecule has 0 aliphatic carbocycles. The molecule has 2 aromatic heterocycles. The highest BCUT2D eigenvalue weighted by Crippen LogP contribution is 2.33. The van der Waals surface area contributed by atoms with Gasteiger partial charge in [-0.2, -0.15) is 5.26 Å². The first-order valence-corrected chi connectivity index (χ1v) is 7.81. The topological polar surface area (TPSA) is 81.6 Å². The first-order chi connectivity index (χ1) is 11.6. The summed E-state index contributed by atoms with van der Waals surface area (Å²) < 4.78 is 0. The van der Waals surface area contributed by atoms with E-state index in [4.69, 9.17) is 0 Å². The lowest BCUT2D eigenvalue weighted by Gasteiger charge is -2.06. The summed E-state index contributed by atoms with van der Waals surface area (Å²) in [4.78, 5) is 19.6. The Morgan fingerprint density at radius 1 is 1.33 bits per heavy atom. The van der Waals surface area contributed by atoms with Crippen molar-refractivity contribution in [3.63, 3.8) is 0 Å². The van der Waals surface area contributed by atoms with Crippen molar-refractivity contribution < 1.29 is 4.79 Å². The summed E-state index contributed by atoms with van der Waals surface area (Å²) in [6.07, 6.45) is 4.50. The first-order valence-electron chi connectivity index (χ1n) is 7.81. The number of aryl methyl sites for hydroxylation is 2. The molecule has 1 aromatic carbocycles. The Hall–Kier alpha value is -3.13. The summed E-state index contributed by atoms with van der Waals surface area (Å²) >= 11 is 0. The van der Waals surface area contributed by atoms with E-state index in [-0.39, 0.29) is 5.91 Å². The summed E-state index contributed by atoms with van der Waals surface area (Å²) in [5.41, 5.74) is 5.69. The fraction of sp³-hybridized carbons (Fsp3) is 0.211. The fourth-order valence-electron chi connectivity index (χ4n) is 2.90. The molecule has 0 aliphatic rings. The molecule has 0 radical (unpaired) electrons. The zero-order chi connectivity index (χ0) is 17.3. The number of nitrogens with zero attached hydrogens (tertiary/aromatic N) is 2. The van der Waals surface area contributed by atoms with Crippen LogP contribution in [0.2, 0.25) is 0 Å². The van der Waals surface area contributed by atoms with Crippen molar-refractivity contribution >= 4 is 16.8 Å². The predicted molar refractivity (Wildman–Crippen MR) is 93.7 cm³/mol. The molecule has 0 fully saturated rings. The number of rotatable bonds is 3. The van der Waals surface area contributed by atoms with Gasteiger partial charge in [0, 0.05) is 36.0 Å². The Labute approximate surface area is 140 Å². The third-order valence-corrected chi connectivity index (χ3v) is 4.26. The number of hydrogen-bond donors (Lipinski definition) is 2. The molecule has 120 valence electrons. The molecule has 2 heterocycles. The van der Waals surface area contributed by atoms with Gasteiger partial charge in [0.05, 0.1) is 17.1 Å². The van der Waals surface area contributed by atoms with E-state index in [2.05, 4.69) is 34.3 Å². The molecule has 1 amide bonds. The SMILES string of the molecule is CCc1cncc(-c2cc(C#N)cc3c(C)c(C(=O)NC)[nH]c23)c1. The van der Waals surface area contributed by atoms with Gasteiger partial charge in [0.25, 0.3) is 5.91 Å². The molecule has 24 heavy (non-hydrogen) atoms. The lowest BCUT2D eigenvalue weighted by atomic mass is 9.99. The van der Waals surface area contributed by atoms with Crippen LogP contribution in [0.1, 0.15) is 34.1 Å². The minimum atomic E-state index is -0.173. The van der Waals surface area contributed by atoms with E-state index in [1.54, 1.807) is 13.2 Å². The van der Waals surface area contributed by atoms with Crippen LogP contribution in [0.3, 0.4) is 0 Å². The second-order valence-electron chi connectivity index (χ2n) is 5.70. The van der Waals surface area contributed by atoms with E-state index < -0.39 is 0 Å². The van der Waals surface area contributed by atoms with Crippen molar-refractivity contribution in [3.05, 3.63) is 53.0 Å². The smallest absolute Gasteiger partial charge is 0.267 e. The van der Waals surface area contributed by atoms with Gasteiger partial charge < -0.3 is 10.3 Å². The van der Waals surface area contributed by atoms with Crippen molar-refractivity contribution in [2.45, 2.75) is 20.3 Å². The average molecular weight is 318 g/mol. The molecule has 0 bridgehead atoms. The number of aromatic amines is 1. The number of carbonyl (C=O) groups excluding carboxylic acids is 1. The molecule has 3 rings (SSSR count). The standard InChI is InChI=1S/C19H18N4O/c1-4-12-5-14(10-22-9-12)16-7-13(8-20)6-15-11(2)17(19(24)21-3)23-18(15)16/h5-7,9-10,23H,4H2,1-3H3,(H,21,24). The van der Waals surface area contributed by atoms with E-state index in [9.17, 15) is 10.1 Å². The van der Waals surface area contributed by atoms with E-state index in [1.807, 2.05) is 25.3 Å². The summed E-state index contributed by atoms with van der Waals surface area (Å²) in [6, 6.07) is 7.92. The lowest BCUT2D eigenvalue weighted by Crippen LogP contribution is -2.19. The molecule has 0 atom stereocenters. The number of amides is 1. The Kier molecular flexibility index (Phi) is 4.05. The van der Waals surface area contributed by atoms with Crippen molar-refractivity contribution in [1.29, 1.82) is 5.26 Å². The van der Waals surface area contributed by atoms with Gasteiger partial charge in [-0.1, -0.05) is 6.92 Å². The quantitative estimate of drug-likeness (QED) is 0.777. The Bertz CT molecular complexity index is 979. The largest absolute Gasteiger partial charge is 0.354 e. The summed E-state index contributed by atoms with van der Waals surface area (Å²) in [5.74, 6) is -0.173. The van der Waals surface area contributed by atoms with Gasteiger partial charge in [-0.05, 0) is 42.7 Å². The second-order valence-corrected chi connectivity index (χ2v) is 5.70. The Morgan fingerprint density at radius 2 is 2.12 bits per heavy atom. The zero-order valence-corrected chi connectivity index (χ0v) is 13.9. The number of carbonyl (C=O) groups is 1. The van der Waals surface area contributed by atoms with Crippen LogP contribution in [0, 0.1) is 18.3 Å². The predicted octanol–water partition coefficient (Wildman–Crippen LogP) is 3.33. The van der Waals surface area contributed by atoms with Crippen LogP contribution >= 0.6 is 0 Å². The molecule has 5 heteroatoms.